The summed E-state index contributed by atoms with van der Waals surface area (Å²) in [4.78, 5) is 17.2. The van der Waals surface area contributed by atoms with E-state index in [2.05, 4.69) is 71.3 Å². The zero-order valence-electron chi connectivity index (χ0n) is 19.0. The quantitative estimate of drug-likeness (QED) is 0.403. The van der Waals surface area contributed by atoms with Crippen LogP contribution in [-0.4, -0.2) is 52.3 Å². The largest absolute Gasteiger partial charge is 0.376 e. The highest BCUT2D eigenvalue weighted by atomic mass is 15.2. The fourth-order valence-corrected chi connectivity index (χ4v) is 4.77. The topological polar surface area (TPSA) is 76.7 Å². The lowest BCUT2D eigenvalue weighted by molar-refractivity contribution is 0.579. The molecule has 7 heteroatoms. The second-order valence-corrected chi connectivity index (χ2v) is 8.99. The first-order valence-electron chi connectivity index (χ1n) is 11.5. The molecule has 0 bridgehead atoms. The van der Waals surface area contributed by atoms with Crippen LogP contribution in [0.1, 0.15) is 19.3 Å². The molecule has 0 unspecified atom stereocenters. The van der Waals surface area contributed by atoms with Gasteiger partial charge in [0, 0.05) is 72.7 Å². The highest BCUT2D eigenvalue weighted by Crippen LogP contribution is 2.35. The van der Waals surface area contributed by atoms with Crippen LogP contribution in [-0.2, 0) is 0 Å². The summed E-state index contributed by atoms with van der Waals surface area (Å²) in [6, 6.07) is 13.0. The van der Waals surface area contributed by atoms with Crippen LogP contribution >= 0.6 is 0 Å². The lowest BCUT2D eigenvalue weighted by atomic mass is 10.1. The molecule has 5 aromatic rings. The third kappa shape index (κ3) is 3.50. The number of rotatable bonds is 4. The van der Waals surface area contributed by atoms with Crippen LogP contribution in [0.2, 0.25) is 0 Å². The number of hydrogen-bond acceptors (Lipinski definition) is 5. The molecule has 1 aromatic carbocycles. The lowest BCUT2D eigenvalue weighted by Gasteiger charge is -2.29. The van der Waals surface area contributed by atoms with Crippen LogP contribution in [0.5, 0.6) is 0 Å². The van der Waals surface area contributed by atoms with Crippen molar-refractivity contribution in [2.75, 3.05) is 37.0 Å². The molecule has 0 radical (unpaired) electrons. The Morgan fingerprint density at radius 2 is 1.76 bits per heavy atom. The zero-order chi connectivity index (χ0) is 22.4. The van der Waals surface area contributed by atoms with Gasteiger partial charge in [0.15, 0.2) is 5.65 Å². The molecule has 166 valence electrons. The maximum absolute atomic E-state index is 4.64. The Morgan fingerprint density at radius 1 is 0.909 bits per heavy atom. The van der Waals surface area contributed by atoms with Gasteiger partial charge in [0.1, 0.15) is 5.69 Å². The molecular formula is C26H27N7. The molecule has 0 spiro atoms. The smallest absolute Gasteiger partial charge is 0.155 e. The Morgan fingerprint density at radius 3 is 2.61 bits per heavy atom. The van der Waals surface area contributed by atoms with Crippen LogP contribution in [0.3, 0.4) is 0 Å². The Labute approximate surface area is 192 Å². The van der Waals surface area contributed by atoms with Crippen molar-refractivity contribution in [3.63, 3.8) is 0 Å². The van der Waals surface area contributed by atoms with E-state index in [0.29, 0.717) is 0 Å². The minimum absolute atomic E-state index is 0.778. The van der Waals surface area contributed by atoms with Gasteiger partial charge in [0.05, 0.1) is 17.6 Å². The monoisotopic (exact) mass is 437 g/mol. The van der Waals surface area contributed by atoms with Gasteiger partial charge in [-0.25, -0.2) is 4.98 Å². The van der Waals surface area contributed by atoms with Crippen molar-refractivity contribution in [2.24, 2.45) is 0 Å². The van der Waals surface area contributed by atoms with Crippen molar-refractivity contribution < 1.29 is 0 Å². The predicted octanol–water partition coefficient (Wildman–Crippen LogP) is 5.22. The molecule has 1 aliphatic rings. The molecule has 2 N–H and O–H groups in total. The average Bonchev–Trinajstić information content (AvgIpc) is 3.48. The third-order valence-electron chi connectivity index (χ3n) is 6.58. The molecule has 1 saturated heterocycles. The first kappa shape index (κ1) is 19.8. The summed E-state index contributed by atoms with van der Waals surface area (Å²) >= 11 is 0. The van der Waals surface area contributed by atoms with Gasteiger partial charge in [-0.15, -0.1) is 0 Å². The fraction of sp³-hybridized carbons (Fsp3) is 0.269. The van der Waals surface area contributed by atoms with E-state index in [-0.39, 0.29) is 0 Å². The van der Waals surface area contributed by atoms with Crippen LogP contribution in [0, 0.1) is 0 Å². The molecular weight excluding hydrogens is 410 g/mol. The Bertz CT molecular complexity index is 1440. The van der Waals surface area contributed by atoms with Crippen LogP contribution in [0.4, 0.5) is 11.4 Å². The number of nitrogens with one attached hydrogen (secondary N) is 2. The number of aromatic nitrogens is 5. The van der Waals surface area contributed by atoms with E-state index in [9.17, 15) is 0 Å². The van der Waals surface area contributed by atoms with Crippen LogP contribution in [0.25, 0.3) is 44.5 Å². The Hall–Kier alpha value is -3.87. The molecule has 1 fully saturated rings. The van der Waals surface area contributed by atoms with Gasteiger partial charge in [0.25, 0.3) is 0 Å². The molecule has 0 amide bonds. The summed E-state index contributed by atoms with van der Waals surface area (Å²) in [5.41, 5.74) is 8.22. The first-order chi connectivity index (χ1) is 16.2. The van der Waals surface area contributed by atoms with Crippen LogP contribution in [0.15, 0.2) is 55.0 Å². The molecule has 4 aromatic heterocycles. The normalized spacial score (nSPS) is 14.3. The summed E-state index contributed by atoms with van der Waals surface area (Å²) < 4.78 is 0. The summed E-state index contributed by atoms with van der Waals surface area (Å²) in [7, 11) is 4.04. The number of nitrogens with zero attached hydrogens (tertiary/aromatic N) is 5. The lowest BCUT2D eigenvalue weighted by Crippen LogP contribution is -2.29. The number of benzene rings is 1. The van der Waals surface area contributed by atoms with Gasteiger partial charge < -0.3 is 14.8 Å². The number of fused-ring (bicyclic) bond motifs is 2. The Kier molecular flexibility index (Phi) is 4.75. The summed E-state index contributed by atoms with van der Waals surface area (Å²) in [6.07, 6.45) is 9.46. The van der Waals surface area contributed by atoms with Crippen molar-refractivity contribution in [1.82, 2.24) is 25.1 Å². The second-order valence-electron chi connectivity index (χ2n) is 8.99. The molecule has 5 heterocycles. The number of aromatic amines is 2. The van der Waals surface area contributed by atoms with E-state index in [1.165, 1.54) is 30.3 Å². The number of hydrogen-bond donors (Lipinski definition) is 2. The van der Waals surface area contributed by atoms with Crippen molar-refractivity contribution in [3.8, 4) is 22.5 Å². The van der Waals surface area contributed by atoms with Crippen molar-refractivity contribution in [2.45, 2.75) is 19.3 Å². The van der Waals surface area contributed by atoms with Gasteiger partial charge in [-0.2, -0.15) is 5.10 Å². The Balaban J connectivity index is 1.44. The minimum atomic E-state index is 0.778. The molecule has 33 heavy (non-hydrogen) atoms. The van der Waals surface area contributed by atoms with E-state index < -0.39 is 0 Å². The van der Waals surface area contributed by atoms with Gasteiger partial charge in [-0.1, -0.05) is 6.07 Å². The standard InChI is InChI=1S/C26H27N7/c1-32(2)19-11-17(14-27-16-19)18-12-21-25(30-31-26(21)28-15-18)23-13-20-22(29-23)7-6-8-24(20)33-9-4-3-5-10-33/h6-8,11-16,29H,3-5,9-10H2,1-2H3,(H,28,30,31). The van der Waals surface area contributed by atoms with Gasteiger partial charge in [0.2, 0.25) is 0 Å². The maximum Gasteiger partial charge on any atom is 0.155 e. The van der Waals surface area contributed by atoms with E-state index in [4.69, 9.17) is 0 Å². The fourth-order valence-electron chi connectivity index (χ4n) is 4.77. The van der Waals surface area contributed by atoms with Crippen LogP contribution < -0.4 is 9.80 Å². The van der Waals surface area contributed by atoms with Gasteiger partial charge in [-0.05, 0) is 49.6 Å². The van der Waals surface area contributed by atoms with E-state index in [1.807, 2.05) is 32.7 Å². The predicted molar refractivity (Wildman–Crippen MR) is 135 cm³/mol. The van der Waals surface area contributed by atoms with Crippen molar-refractivity contribution in [1.29, 1.82) is 0 Å². The third-order valence-corrected chi connectivity index (χ3v) is 6.58. The molecule has 6 rings (SSSR count). The molecule has 0 saturated carbocycles. The molecule has 7 nitrogen and oxygen atoms in total. The van der Waals surface area contributed by atoms with E-state index in [1.54, 1.807) is 0 Å². The molecule has 0 aliphatic carbocycles. The minimum Gasteiger partial charge on any atom is -0.376 e. The van der Waals surface area contributed by atoms with E-state index >= 15 is 0 Å². The highest BCUT2D eigenvalue weighted by Gasteiger charge is 2.18. The number of anilines is 2. The first-order valence-corrected chi connectivity index (χ1v) is 11.5. The molecule has 1 aliphatic heterocycles. The average molecular weight is 438 g/mol. The second kappa shape index (κ2) is 7.92. The zero-order valence-corrected chi connectivity index (χ0v) is 19.0. The number of piperidine rings is 1. The highest BCUT2D eigenvalue weighted by molar-refractivity contribution is 6.00. The summed E-state index contributed by atoms with van der Waals surface area (Å²) in [5.74, 6) is 0. The maximum atomic E-state index is 4.64. The van der Waals surface area contributed by atoms with Crippen molar-refractivity contribution >= 4 is 33.3 Å². The van der Waals surface area contributed by atoms with E-state index in [0.717, 1.165) is 57.8 Å². The summed E-state index contributed by atoms with van der Waals surface area (Å²) in [6.45, 7) is 2.25. The van der Waals surface area contributed by atoms with Gasteiger partial charge >= 0.3 is 0 Å². The SMILES string of the molecule is CN(C)c1cncc(-c2cnc3[nH]nc(-c4cc5c(N6CCCCC6)cccc5[nH]4)c3c2)c1. The van der Waals surface area contributed by atoms with Crippen molar-refractivity contribution in [3.05, 3.63) is 55.0 Å². The number of H-pyrrole nitrogens is 2. The summed E-state index contributed by atoms with van der Waals surface area (Å²) in [5, 5.41) is 9.97. The molecule has 0 atom stereocenters. The number of pyridine rings is 2. The van der Waals surface area contributed by atoms with Gasteiger partial charge in [-0.3, -0.25) is 10.1 Å².